The van der Waals surface area contributed by atoms with E-state index in [4.69, 9.17) is 15.2 Å². The van der Waals surface area contributed by atoms with Crippen molar-refractivity contribution in [3.63, 3.8) is 0 Å². The van der Waals surface area contributed by atoms with Gasteiger partial charge < -0.3 is 40.7 Å². The molecule has 0 radical (unpaired) electrons. The van der Waals surface area contributed by atoms with Crippen LogP contribution in [0.1, 0.15) is 59.3 Å². The third-order valence-corrected chi connectivity index (χ3v) is 6.01. The number of amides is 2. The average Bonchev–Trinajstić information content (AvgIpc) is 2.92. The van der Waals surface area contributed by atoms with Crippen molar-refractivity contribution in [1.82, 2.24) is 10.2 Å². The minimum absolute atomic E-state index is 0.129. The number of nitrogens with one attached hydrogen (secondary N) is 1. The van der Waals surface area contributed by atoms with Gasteiger partial charge in [0, 0.05) is 27.3 Å². The Morgan fingerprint density at radius 1 is 1.17 bits per heavy atom. The first-order valence-electron chi connectivity index (χ1n) is 12.5. The molecule has 0 saturated carbocycles. The van der Waals surface area contributed by atoms with Crippen LogP contribution in [-0.2, 0) is 19.1 Å². The molecule has 10 nitrogen and oxygen atoms in total. The van der Waals surface area contributed by atoms with Crippen LogP contribution in [0.25, 0.3) is 0 Å². The van der Waals surface area contributed by atoms with E-state index in [1.165, 1.54) is 18.1 Å². The highest BCUT2D eigenvalue weighted by molar-refractivity contribution is 5.89. The second-order valence-corrected chi connectivity index (χ2v) is 10.4. The Morgan fingerprint density at radius 2 is 1.83 bits per heavy atom. The summed E-state index contributed by atoms with van der Waals surface area (Å²) in [7, 11) is 2.88. The van der Waals surface area contributed by atoms with Crippen LogP contribution in [0.15, 0.2) is 12.2 Å². The smallest absolute Gasteiger partial charge is 0.252 e. The van der Waals surface area contributed by atoms with E-state index >= 15 is 0 Å². The third-order valence-electron chi connectivity index (χ3n) is 6.01. The first kappa shape index (κ1) is 31.5. The van der Waals surface area contributed by atoms with E-state index in [2.05, 4.69) is 5.32 Å². The number of carbonyl (C=O) groups is 2. The Bertz CT molecular complexity index is 668. The fourth-order valence-corrected chi connectivity index (χ4v) is 3.89. The number of ether oxygens (including phenoxy) is 2. The van der Waals surface area contributed by atoms with Gasteiger partial charge in [0.05, 0.1) is 6.10 Å². The van der Waals surface area contributed by atoms with Crippen molar-refractivity contribution in [2.24, 2.45) is 11.1 Å². The largest absolute Gasteiger partial charge is 0.387 e. The lowest BCUT2D eigenvalue weighted by Gasteiger charge is -2.29. The lowest BCUT2D eigenvalue weighted by molar-refractivity contribution is -0.151. The maximum atomic E-state index is 12.9. The summed E-state index contributed by atoms with van der Waals surface area (Å²) in [4.78, 5) is 27.2. The Balaban J connectivity index is 2.68. The lowest BCUT2D eigenvalue weighted by Crippen LogP contribution is -2.55. The van der Waals surface area contributed by atoms with E-state index in [1.54, 1.807) is 13.1 Å². The summed E-state index contributed by atoms with van der Waals surface area (Å²) < 4.78 is 11.1. The first-order valence-corrected chi connectivity index (χ1v) is 12.5. The molecule has 6 atom stereocenters. The Hall–Kier alpha value is -1.56. The number of aliphatic hydroxyl groups is 3. The van der Waals surface area contributed by atoms with Crippen LogP contribution < -0.4 is 11.1 Å². The van der Waals surface area contributed by atoms with Crippen molar-refractivity contribution in [3.8, 4) is 0 Å². The minimum atomic E-state index is -1.70. The van der Waals surface area contributed by atoms with Gasteiger partial charge in [-0.15, -0.1) is 0 Å². The molecule has 1 heterocycles. The Labute approximate surface area is 209 Å². The second-order valence-electron chi connectivity index (χ2n) is 10.4. The molecule has 1 aliphatic rings. The van der Waals surface area contributed by atoms with E-state index < -0.39 is 36.4 Å². The zero-order chi connectivity index (χ0) is 26.6. The molecule has 0 aromatic carbocycles. The summed E-state index contributed by atoms with van der Waals surface area (Å²) in [5.41, 5.74) is 5.27. The molecule has 1 aliphatic heterocycles. The molecule has 1 fully saturated rings. The van der Waals surface area contributed by atoms with Gasteiger partial charge in [-0.2, -0.15) is 0 Å². The highest BCUT2D eigenvalue weighted by Gasteiger charge is 2.38. The highest BCUT2D eigenvalue weighted by Crippen LogP contribution is 2.18. The number of methoxy groups -OCH3 is 1. The third kappa shape index (κ3) is 11.4. The van der Waals surface area contributed by atoms with Crippen molar-refractivity contribution in [2.45, 2.75) is 95.9 Å². The molecule has 1 saturated heterocycles. The van der Waals surface area contributed by atoms with Gasteiger partial charge in [0.15, 0.2) is 6.10 Å². The van der Waals surface area contributed by atoms with Crippen LogP contribution in [0.2, 0.25) is 0 Å². The zero-order valence-corrected chi connectivity index (χ0v) is 22.0. The molecule has 0 aromatic rings. The van der Waals surface area contributed by atoms with Crippen LogP contribution in [0, 0.1) is 5.41 Å². The van der Waals surface area contributed by atoms with Crippen molar-refractivity contribution in [2.75, 3.05) is 33.9 Å². The lowest BCUT2D eigenvalue weighted by atomic mass is 9.94. The monoisotopic (exact) mass is 501 g/mol. The normalized spacial score (nSPS) is 23.1. The van der Waals surface area contributed by atoms with Gasteiger partial charge in [0.25, 0.3) is 5.91 Å². The number of hydrogen-bond donors (Lipinski definition) is 5. The van der Waals surface area contributed by atoms with Crippen LogP contribution in [0.5, 0.6) is 0 Å². The molecular formula is C25H47N3O7. The highest BCUT2D eigenvalue weighted by atomic mass is 16.5. The fraction of sp³-hybridized carbons (Fsp3) is 0.840. The van der Waals surface area contributed by atoms with E-state index in [9.17, 15) is 24.9 Å². The summed E-state index contributed by atoms with van der Waals surface area (Å²) in [6.45, 7) is 7.49. The van der Waals surface area contributed by atoms with Crippen molar-refractivity contribution in [3.05, 3.63) is 12.2 Å². The van der Waals surface area contributed by atoms with Gasteiger partial charge in [-0.05, 0) is 37.6 Å². The Morgan fingerprint density at radius 3 is 2.43 bits per heavy atom. The summed E-state index contributed by atoms with van der Waals surface area (Å²) in [5, 5.41) is 33.7. The quantitative estimate of drug-likeness (QED) is 0.168. The fourth-order valence-electron chi connectivity index (χ4n) is 3.89. The van der Waals surface area contributed by atoms with E-state index in [0.29, 0.717) is 32.5 Å². The molecule has 10 heteroatoms. The van der Waals surface area contributed by atoms with Crippen LogP contribution >= 0.6 is 0 Å². The standard InChI is InChI=1S/C25H47N3O7/c1-25(2,3)13-12-19(29)20(30)21(31)22(34-5)23(32)27-18-11-10-17(16-28(4)24(18)33)35-15-9-7-6-8-14-26/h12-13,17-22,29-31H,6-11,14-16,26H2,1-5H3,(H,27,32)/t17-,18+,19-,20+,21-,22-/m1/s1. The molecule has 0 aliphatic carbocycles. The average molecular weight is 502 g/mol. The predicted molar refractivity (Wildman–Crippen MR) is 133 cm³/mol. The maximum absolute atomic E-state index is 12.9. The maximum Gasteiger partial charge on any atom is 0.252 e. The van der Waals surface area contributed by atoms with Crippen molar-refractivity contribution in [1.29, 1.82) is 0 Å². The second kappa shape index (κ2) is 15.5. The number of nitrogens with two attached hydrogens (primary N) is 1. The van der Waals surface area contributed by atoms with Gasteiger partial charge in [-0.25, -0.2) is 0 Å². The molecular weight excluding hydrogens is 454 g/mol. The minimum Gasteiger partial charge on any atom is -0.387 e. The SMILES string of the molecule is CO[C@@H](C(=O)N[C@H]1CC[C@@H](OCCCCCCN)CN(C)C1=O)[C@H](O)[C@@H](O)[C@H](O)C=CC(C)(C)C. The number of likely N-dealkylation sites (tertiary alicyclic amines) is 1. The molecule has 0 bridgehead atoms. The van der Waals surface area contributed by atoms with Gasteiger partial charge in [0.1, 0.15) is 24.4 Å². The van der Waals surface area contributed by atoms with E-state index in [-0.39, 0.29) is 17.4 Å². The number of likely N-dealkylation sites (N-methyl/N-ethyl adjacent to an activating group) is 1. The van der Waals surface area contributed by atoms with Gasteiger partial charge in [-0.1, -0.05) is 45.8 Å². The number of aliphatic hydroxyl groups excluding tert-OH is 3. The molecule has 0 aromatic heterocycles. The van der Waals surface area contributed by atoms with Gasteiger partial charge in [-0.3, -0.25) is 9.59 Å². The molecule has 1 rings (SSSR count). The van der Waals surface area contributed by atoms with Gasteiger partial charge in [0.2, 0.25) is 5.91 Å². The predicted octanol–water partition coefficient (Wildman–Crippen LogP) is 0.328. The molecule has 2 amide bonds. The van der Waals surface area contributed by atoms with Crippen LogP contribution in [0.3, 0.4) is 0 Å². The molecule has 6 N–H and O–H groups in total. The summed E-state index contributed by atoms with van der Waals surface area (Å²) in [5.74, 6) is -0.998. The number of rotatable bonds is 14. The van der Waals surface area contributed by atoms with Crippen LogP contribution in [-0.4, -0.2) is 102 Å². The van der Waals surface area contributed by atoms with Crippen molar-refractivity contribution < 1.29 is 34.4 Å². The number of hydrogen-bond acceptors (Lipinski definition) is 8. The van der Waals surface area contributed by atoms with E-state index in [0.717, 1.165) is 25.7 Å². The van der Waals surface area contributed by atoms with Gasteiger partial charge >= 0.3 is 0 Å². The summed E-state index contributed by atoms with van der Waals surface area (Å²) in [6.07, 6.45) is 1.74. The van der Waals surface area contributed by atoms with Crippen molar-refractivity contribution >= 4 is 11.8 Å². The zero-order valence-electron chi connectivity index (χ0n) is 22.0. The molecule has 0 spiro atoms. The summed E-state index contributed by atoms with van der Waals surface area (Å²) in [6, 6.07) is -0.807. The topological polar surface area (TPSA) is 155 Å². The number of unbranched alkanes of at least 4 members (excludes halogenated alkanes) is 3. The summed E-state index contributed by atoms with van der Waals surface area (Å²) >= 11 is 0. The number of allylic oxidation sites excluding steroid dienone is 1. The molecule has 35 heavy (non-hydrogen) atoms. The Kier molecular flexibility index (Phi) is 14.0. The van der Waals surface area contributed by atoms with Crippen LogP contribution in [0.4, 0.5) is 0 Å². The van der Waals surface area contributed by atoms with E-state index in [1.807, 2.05) is 20.8 Å². The molecule has 204 valence electrons. The number of nitrogens with zero attached hydrogens (tertiary/aromatic N) is 1. The molecule has 0 unspecified atom stereocenters. The number of carbonyl (C=O) groups excluding carboxylic acids is 2. The first-order chi connectivity index (χ1) is 16.4.